The van der Waals surface area contributed by atoms with Gasteiger partial charge in [-0.25, -0.2) is 19.6 Å². The fourth-order valence-corrected chi connectivity index (χ4v) is 6.49. The lowest BCUT2D eigenvalue weighted by molar-refractivity contribution is -0.124. The minimum Gasteiger partial charge on any atom is -0.465 e. The number of nitrogens with zero attached hydrogens (tertiary/aromatic N) is 2. The number of hydrogen-bond acceptors (Lipinski definition) is 10. The lowest BCUT2D eigenvalue weighted by Crippen LogP contribution is -2.32. The number of aryl methyl sites for hydroxylation is 1. The molecule has 5 aromatic rings. The zero-order valence-electron chi connectivity index (χ0n) is 23.7. The maximum absolute atomic E-state index is 13.3. The molecule has 4 heterocycles. The number of ether oxygens (including phenoxy) is 2. The Morgan fingerprint density at radius 1 is 0.930 bits per heavy atom. The Hall–Kier alpha value is -4.77. The zero-order valence-corrected chi connectivity index (χ0v) is 24.5. The van der Waals surface area contributed by atoms with Crippen LogP contribution in [0.5, 0.6) is 0 Å². The number of benzene rings is 1. The molecule has 1 amide bonds. The molecule has 10 nitrogen and oxygen atoms in total. The average Bonchev–Trinajstić information content (AvgIpc) is 3.79. The van der Waals surface area contributed by atoms with Crippen LogP contribution in [0, 0.1) is 0 Å². The number of carbonyl (C=O) groups excluding carboxylic acids is 3. The van der Waals surface area contributed by atoms with E-state index < -0.39 is 23.9 Å². The van der Waals surface area contributed by atoms with E-state index in [0.29, 0.717) is 44.5 Å². The van der Waals surface area contributed by atoms with Crippen LogP contribution in [-0.2, 0) is 27.1 Å². The molecule has 220 valence electrons. The summed E-state index contributed by atoms with van der Waals surface area (Å²) in [7, 11) is 1.33. The van der Waals surface area contributed by atoms with Crippen molar-refractivity contribution >= 4 is 45.2 Å². The van der Waals surface area contributed by atoms with E-state index in [1.165, 1.54) is 24.7 Å². The van der Waals surface area contributed by atoms with Crippen LogP contribution in [0.4, 0.5) is 5.00 Å². The van der Waals surface area contributed by atoms with Crippen molar-refractivity contribution in [2.75, 3.05) is 12.4 Å². The SMILES string of the molecule is CCC(OC(=O)c1ccc2nc(-c3ccco3)c(-c3ccco3)nc2c1)C(=O)Nc1sc2c(c1C(=O)OC)CCCCC2. The van der Waals surface area contributed by atoms with Gasteiger partial charge in [0.1, 0.15) is 16.4 Å². The quantitative estimate of drug-likeness (QED) is 0.150. The van der Waals surface area contributed by atoms with Crippen molar-refractivity contribution in [1.82, 2.24) is 9.97 Å². The Morgan fingerprint density at radius 2 is 1.63 bits per heavy atom. The van der Waals surface area contributed by atoms with Gasteiger partial charge in [-0.15, -0.1) is 11.3 Å². The van der Waals surface area contributed by atoms with E-state index in [1.807, 2.05) is 0 Å². The highest BCUT2D eigenvalue weighted by Crippen LogP contribution is 2.38. The van der Waals surface area contributed by atoms with Gasteiger partial charge in [0, 0.05) is 4.88 Å². The molecule has 43 heavy (non-hydrogen) atoms. The van der Waals surface area contributed by atoms with Gasteiger partial charge >= 0.3 is 11.9 Å². The van der Waals surface area contributed by atoms with Gasteiger partial charge in [-0.2, -0.15) is 0 Å². The molecule has 0 spiro atoms. The summed E-state index contributed by atoms with van der Waals surface area (Å²) in [5.41, 5.74) is 3.49. The predicted molar refractivity (Wildman–Crippen MR) is 160 cm³/mol. The van der Waals surface area contributed by atoms with Gasteiger partial charge in [-0.05, 0) is 80.1 Å². The molecule has 11 heteroatoms. The number of methoxy groups -OCH3 is 1. The van der Waals surface area contributed by atoms with E-state index in [4.69, 9.17) is 28.3 Å². The van der Waals surface area contributed by atoms with Crippen molar-refractivity contribution < 1.29 is 32.7 Å². The number of amides is 1. The summed E-state index contributed by atoms with van der Waals surface area (Å²) >= 11 is 1.39. The summed E-state index contributed by atoms with van der Waals surface area (Å²) in [5, 5.41) is 3.27. The Bertz CT molecular complexity index is 1790. The van der Waals surface area contributed by atoms with Crippen LogP contribution < -0.4 is 5.32 Å². The van der Waals surface area contributed by atoms with Crippen molar-refractivity contribution in [2.45, 2.75) is 51.6 Å². The number of fused-ring (bicyclic) bond motifs is 2. The number of hydrogen-bond donors (Lipinski definition) is 1. The zero-order chi connectivity index (χ0) is 29.9. The molecule has 0 saturated carbocycles. The van der Waals surface area contributed by atoms with Crippen LogP contribution in [0.15, 0.2) is 63.8 Å². The summed E-state index contributed by atoms with van der Waals surface area (Å²) in [4.78, 5) is 49.8. The minimum absolute atomic E-state index is 0.210. The third-order valence-corrected chi connectivity index (χ3v) is 8.58. The highest BCUT2D eigenvalue weighted by atomic mass is 32.1. The largest absolute Gasteiger partial charge is 0.465 e. The standard InChI is InChI=1S/C32H29N3O7S/c1-3-22(29(36)35-30-26(32(38)39-2)19-9-5-4-6-12-25(19)43-30)42-31(37)18-13-14-20-21(17-18)34-28(24-11-8-16-41-24)27(33-20)23-10-7-15-40-23/h7-8,10-11,13-17,22H,3-6,9,12H2,1-2H3,(H,35,36). The van der Waals surface area contributed by atoms with Crippen molar-refractivity contribution in [2.24, 2.45) is 0 Å². The van der Waals surface area contributed by atoms with E-state index >= 15 is 0 Å². The molecule has 4 aromatic heterocycles. The normalized spacial score (nSPS) is 13.6. The van der Waals surface area contributed by atoms with Gasteiger partial charge in [0.15, 0.2) is 17.6 Å². The molecule has 6 rings (SSSR count). The smallest absolute Gasteiger partial charge is 0.341 e. The molecule has 1 N–H and O–H groups in total. The van der Waals surface area contributed by atoms with Gasteiger partial charge in [-0.1, -0.05) is 13.3 Å². The van der Waals surface area contributed by atoms with Crippen molar-refractivity contribution in [1.29, 1.82) is 0 Å². The van der Waals surface area contributed by atoms with Crippen molar-refractivity contribution in [3.63, 3.8) is 0 Å². The molecule has 0 fully saturated rings. The van der Waals surface area contributed by atoms with Crippen LogP contribution in [0.1, 0.15) is 63.8 Å². The molecular weight excluding hydrogens is 570 g/mol. The fourth-order valence-electron chi connectivity index (χ4n) is 5.21. The number of aromatic nitrogens is 2. The Morgan fingerprint density at radius 3 is 2.28 bits per heavy atom. The second-order valence-corrected chi connectivity index (χ2v) is 11.2. The first kappa shape index (κ1) is 28.4. The van der Waals surface area contributed by atoms with Crippen LogP contribution in [0.25, 0.3) is 33.9 Å². The van der Waals surface area contributed by atoms with Crippen LogP contribution in [0.2, 0.25) is 0 Å². The van der Waals surface area contributed by atoms with Crippen LogP contribution in [0.3, 0.4) is 0 Å². The number of carbonyl (C=O) groups is 3. The van der Waals surface area contributed by atoms with Crippen LogP contribution >= 0.6 is 11.3 Å². The molecule has 0 saturated heterocycles. The number of nitrogens with one attached hydrogen (secondary N) is 1. The highest BCUT2D eigenvalue weighted by Gasteiger charge is 2.29. The fraction of sp³-hybridized carbons (Fsp3) is 0.281. The van der Waals surface area contributed by atoms with Crippen LogP contribution in [-0.4, -0.2) is 41.0 Å². The van der Waals surface area contributed by atoms with Gasteiger partial charge in [-0.3, -0.25) is 4.79 Å². The summed E-state index contributed by atoms with van der Waals surface area (Å²) in [6, 6.07) is 11.9. The van der Waals surface area contributed by atoms with Gasteiger partial charge in [0.05, 0.1) is 41.8 Å². The van der Waals surface area contributed by atoms with E-state index in [1.54, 1.807) is 55.7 Å². The first-order valence-electron chi connectivity index (χ1n) is 14.1. The predicted octanol–water partition coefficient (Wildman–Crippen LogP) is 6.84. The third-order valence-electron chi connectivity index (χ3n) is 7.37. The molecule has 1 aromatic carbocycles. The molecule has 1 atom stereocenters. The number of thiophene rings is 1. The summed E-state index contributed by atoms with van der Waals surface area (Å²) < 4.78 is 21.8. The second kappa shape index (κ2) is 12.2. The third kappa shape index (κ3) is 5.68. The summed E-state index contributed by atoms with van der Waals surface area (Å²) in [6.07, 6.45) is 6.94. The van der Waals surface area contributed by atoms with Gasteiger partial charge in [0.25, 0.3) is 5.91 Å². The van der Waals surface area contributed by atoms with E-state index in [-0.39, 0.29) is 12.0 Å². The first-order valence-corrected chi connectivity index (χ1v) is 14.9. The Labute approximate surface area is 251 Å². The van der Waals surface area contributed by atoms with Crippen molar-refractivity contribution in [3.05, 3.63) is 76.6 Å². The molecule has 1 aliphatic rings. The minimum atomic E-state index is -1.08. The first-order chi connectivity index (χ1) is 21.0. The number of rotatable bonds is 8. The molecular formula is C32H29N3O7S. The number of anilines is 1. The maximum Gasteiger partial charge on any atom is 0.341 e. The Balaban J connectivity index is 1.25. The summed E-state index contributed by atoms with van der Waals surface area (Å²) in [6.45, 7) is 1.75. The maximum atomic E-state index is 13.3. The van der Waals surface area contributed by atoms with Crippen molar-refractivity contribution in [3.8, 4) is 22.9 Å². The monoisotopic (exact) mass is 599 g/mol. The lowest BCUT2D eigenvalue weighted by atomic mass is 10.1. The van der Waals surface area contributed by atoms with E-state index in [9.17, 15) is 14.4 Å². The van der Waals surface area contributed by atoms with Gasteiger partial charge < -0.3 is 23.6 Å². The molecule has 1 aliphatic carbocycles. The lowest BCUT2D eigenvalue weighted by Gasteiger charge is -2.16. The highest BCUT2D eigenvalue weighted by molar-refractivity contribution is 7.17. The number of esters is 2. The van der Waals surface area contributed by atoms with Gasteiger partial charge in [0.2, 0.25) is 0 Å². The average molecular weight is 600 g/mol. The molecule has 1 unspecified atom stereocenters. The summed E-state index contributed by atoms with van der Waals surface area (Å²) in [5.74, 6) is -0.662. The van der Waals surface area contributed by atoms with E-state index in [2.05, 4.69) is 5.32 Å². The number of furan rings is 2. The topological polar surface area (TPSA) is 134 Å². The molecule has 0 radical (unpaired) electrons. The van der Waals surface area contributed by atoms with E-state index in [0.717, 1.165) is 42.5 Å². The second-order valence-electron chi connectivity index (χ2n) is 10.1. The molecule has 0 aliphatic heterocycles. The molecule has 0 bridgehead atoms. The Kier molecular flexibility index (Phi) is 8.06.